The van der Waals surface area contributed by atoms with Crippen LogP contribution in [0.1, 0.15) is 11.1 Å². The van der Waals surface area contributed by atoms with Crippen molar-refractivity contribution >= 4 is 28.3 Å². The molecular formula is C21H21N3O2S. The zero-order valence-electron chi connectivity index (χ0n) is 15.1. The van der Waals surface area contributed by atoms with E-state index >= 15 is 0 Å². The molecule has 1 N–H and O–H groups in total. The van der Waals surface area contributed by atoms with Gasteiger partial charge in [-0.15, -0.1) is 10.2 Å². The number of rotatable bonds is 7. The number of benzene rings is 2. The topological polar surface area (TPSA) is 59.7 Å². The molecule has 6 heteroatoms. The predicted octanol–water partition coefficient (Wildman–Crippen LogP) is 3.86. The number of hydrogen-bond acceptors (Lipinski definition) is 5. The number of fused-ring (bicyclic) bond motifs is 3. The molecule has 0 bridgehead atoms. The maximum atomic E-state index is 10.3. The number of hydrogen-bond donors (Lipinski definition) is 1. The van der Waals surface area contributed by atoms with Gasteiger partial charge in [0.25, 0.3) is 0 Å². The maximum Gasteiger partial charge on any atom is 0.196 e. The van der Waals surface area contributed by atoms with E-state index in [4.69, 9.17) is 4.74 Å². The molecule has 0 saturated carbocycles. The molecule has 27 heavy (non-hydrogen) atoms. The zero-order chi connectivity index (χ0) is 18.6. The predicted molar refractivity (Wildman–Crippen MR) is 108 cm³/mol. The van der Waals surface area contributed by atoms with Gasteiger partial charge < -0.3 is 9.84 Å². The molecule has 0 aliphatic carbocycles. The molecule has 0 saturated heterocycles. The van der Waals surface area contributed by atoms with Crippen molar-refractivity contribution in [2.24, 2.45) is 0 Å². The second-order valence-electron chi connectivity index (χ2n) is 6.49. The highest BCUT2D eigenvalue weighted by atomic mass is 32.2. The molecule has 2 aromatic heterocycles. The summed E-state index contributed by atoms with van der Waals surface area (Å²) >= 11 is 1.49. The number of aromatic nitrogens is 3. The van der Waals surface area contributed by atoms with Crippen molar-refractivity contribution in [3.63, 3.8) is 0 Å². The van der Waals surface area contributed by atoms with E-state index in [0.29, 0.717) is 19.0 Å². The van der Waals surface area contributed by atoms with Crippen LogP contribution in [-0.2, 0) is 11.3 Å². The van der Waals surface area contributed by atoms with E-state index in [9.17, 15) is 5.11 Å². The van der Waals surface area contributed by atoms with Gasteiger partial charge in [0, 0.05) is 11.1 Å². The molecule has 2 aromatic carbocycles. The van der Waals surface area contributed by atoms with E-state index < -0.39 is 6.10 Å². The second kappa shape index (κ2) is 8.08. The van der Waals surface area contributed by atoms with Gasteiger partial charge in [-0.25, -0.2) is 0 Å². The summed E-state index contributed by atoms with van der Waals surface area (Å²) in [5, 5.41) is 20.8. The molecule has 1 atom stereocenters. The number of nitrogens with zero attached hydrogens (tertiary/aromatic N) is 3. The summed E-state index contributed by atoms with van der Waals surface area (Å²) in [4.78, 5) is 0. The Morgan fingerprint density at radius 3 is 2.70 bits per heavy atom. The van der Waals surface area contributed by atoms with E-state index in [2.05, 4.69) is 29.3 Å². The van der Waals surface area contributed by atoms with E-state index in [1.165, 1.54) is 22.7 Å². The van der Waals surface area contributed by atoms with Crippen LogP contribution in [0.2, 0.25) is 0 Å². The molecule has 2 heterocycles. The lowest BCUT2D eigenvalue weighted by Crippen LogP contribution is -2.18. The smallest absolute Gasteiger partial charge is 0.196 e. The van der Waals surface area contributed by atoms with Crippen molar-refractivity contribution in [3.8, 4) is 0 Å². The van der Waals surface area contributed by atoms with Crippen molar-refractivity contribution < 1.29 is 9.84 Å². The van der Waals surface area contributed by atoms with Gasteiger partial charge in [0.05, 0.1) is 24.8 Å². The van der Waals surface area contributed by atoms with Crippen LogP contribution in [0.3, 0.4) is 0 Å². The highest BCUT2D eigenvalue weighted by Gasteiger charge is 2.13. The zero-order valence-corrected chi connectivity index (χ0v) is 15.9. The molecule has 0 aliphatic heterocycles. The number of pyridine rings is 1. The summed E-state index contributed by atoms with van der Waals surface area (Å²) in [5.74, 6) is 0.498. The second-order valence-corrected chi connectivity index (χ2v) is 7.47. The molecule has 4 rings (SSSR count). The van der Waals surface area contributed by atoms with Gasteiger partial charge in [0.15, 0.2) is 10.8 Å². The normalized spacial score (nSPS) is 12.7. The van der Waals surface area contributed by atoms with Crippen molar-refractivity contribution in [3.05, 3.63) is 71.8 Å². The molecule has 138 valence electrons. The molecular weight excluding hydrogens is 358 g/mol. The SMILES string of the molecule is Cc1cc2nnc(SCC(O)COCc3ccccc3)n2c2ccccc12. The Labute approximate surface area is 162 Å². The van der Waals surface area contributed by atoms with Crippen LogP contribution in [0.25, 0.3) is 16.6 Å². The minimum atomic E-state index is -0.567. The van der Waals surface area contributed by atoms with E-state index in [0.717, 1.165) is 21.9 Å². The quantitative estimate of drug-likeness (QED) is 0.494. The lowest BCUT2D eigenvalue weighted by molar-refractivity contribution is 0.0398. The Morgan fingerprint density at radius 2 is 1.85 bits per heavy atom. The number of aliphatic hydroxyl groups is 1. The van der Waals surface area contributed by atoms with Crippen LogP contribution in [0.4, 0.5) is 0 Å². The fourth-order valence-corrected chi connectivity index (χ4v) is 3.93. The first-order valence-corrected chi connectivity index (χ1v) is 9.87. The Hall–Kier alpha value is -2.41. The molecule has 0 spiro atoms. The summed E-state index contributed by atoms with van der Waals surface area (Å²) in [5.41, 5.74) is 4.18. The lowest BCUT2D eigenvalue weighted by Gasteiger charge is -2.11. The van der Waals surface area contributed by atoms with Gasteiger partial charge in [0.2, 0.25) is 0 Å². The Balaban J connectivity index is 1.42. The van der Waals surface area contributed by atoms with Gasteiger partial charge in [-0.05, 0) is 30.2 Å². The summed E-state index contributed by atoms with van der Waals surface area (Å²) in [7, 11) is 0. The van der Waals surface area contributed by atoms with Crippen LogP contribution in [0, 0.1) is 6.92 Å². The van der Waals surface area contributed by atoms with E-state index in [-0.39, 0.29) is 0 Å². The highest BCUT2D eigenvalue weighted by molar-refractivity contribution is 7.99. The van der Waals surface area contributed by atoms with Crippen LogP contribution in [0.15, 0.2) is 65.8 Å². The summed E-state index contributed by atoms with van der Waals surface area (Å²) in [6.45, 7) is 2.87. The summed E-state index contributed by atoms with van der Waals surface area (Å²) < 4.78 is 7.66. The average Bonchev–Trinajstić information content (AvgIpc) is 3.10. The van der Waals surface area contributed by atoms with Crippen LogP contribution < -0.4 is 0 Å². The summed E-state index contributed by atoms with van der Waals surface area (Å²) in [6, 6.07) is 20.2. The molecule has 0 radical (unpaired) electrons. The first kappa shape index (κ1) is 18.0. The van der Waals surface area contributed by atoms with Gasteiger partial charge >= 0.3 is 0 Å². The van der Waals surface area contributed by atoms with Gasteiger partial charge in [-0.2, -0.15) is 0 Å². The first-order valence-electron chi connectivity index (χ1n) is 8.88. The van der Waals surface area contributed by atoms with Gasteiger partial charge in [0.1, 0.15) is 0 Å². The third kappa shape index (κ3) is 3.98. The molecule has 0 fully saturated rings. The Kier molecular flexibility index (Phi) is 5.38. The van der Waals surface area contributed by atoms with Gasteiger partial charge in [-0.3, -0.25) is 4.40 Å². The standard InChI is InChI=1S/C21H21N3O2S/c1-15-11-20-22-23-21(24(20)19-10-6-5-9-18(15)19)27-14-17(25)13-26-12-16-7-3-2-4-8-16/h2-11,17,25H,12-14H2,1H3. The molecule has 0 amide bonds. The van der Waals surface area contributed by atoms with Crippen molar-refractivity contribution in [2.45, 2.75) is 24.8 Å². The van der Waals surface area contributed by atoms with Crippen LogP contribution >= 0.6 is 11.8 Å². The van der Waals surface area contributed by atoms with Crippen LogP contribution in [0.5, 0.6) is 0 Å². The third-order valence-corrected chi connectivity index (χ3v) is 5.47. The average molecular weight is 379 g/mol. The molecule has 4 aromatic rings. The van der Waals surface area contributed by atoms with E-state index in [1.807, 2.05) is 52.9 Å². The number of aryl methyl sites for hydroxylation is 1. The van der Waals surface area contributed by atoms with Crippen molar-refractivity contribution in [1.29, 1.82) is 0 Å². The van der Waals surface area contributed by atoms with Crippen LogP contribution in [-0.4, -0.2) is 38.2 Å². The Morgan fingerprint density at radius 1 is 1.07 bits per heavy atom. The number of ether oxygens (including phenoxy) is 1. The van der Waals surface area contributed by atoms with Crippen molar-refractivity contribution in [2.75, 3.05) is 12.4 Å². The fourth-order valence-electron chi connectivity index (χ4n) is 3.07. The minimum absolute atomic E-state index is 0.290. The number of aliphatic hydroxyl groups excluding tert-OH is 1. The monoisotopic (exact) mass is 379 g/mol. The third-order valence-electron chi connectivity index (χ3n) is 4.40. The van der Waals surface area contributed by atoms with Gasteiger partial charge in [-0.1, -0.05) is 60.3 Å². The molecule has 5 nitrogen and oxygen atoms in total. The van der Waals surface area contributed by atoms with Crippen molar-refractivity contribution in [1.82, 2.24) is 14.6 Å². The van der Waals surface area contributed by atoms with E-state index in [1.54, 1.807) is 0 Å². The first-order chi connectivity index (χ1) is 13.2. The summed E-state index contributed by atoms with van der Waals surface area (Å²) in [6.07, 6.45) is -0.567. The molecule has 0 aliphatic rings. The fraction of sp³-hybridized carbons (Fsp3) is 0.238. The number of para-hydroxylation sites is 1. The maximum absolute atomic E-state index is 10.3. The highest BCUT2D eigenvalue weighted by Crippen LogP contribution is 2.26. The largest absolute Gasteiger partial charge is 0.390 e. The minimum Gasteiger partial charge on any atom is -0.390 e. The Bertz CT molecular complexity index is 1050. The molecule has 1 unspecified atom stereocenters. The number of thioether (sulfide) groups is 1. The lowest BCUT2D eigenvalue weighted by atomic mass is 10.1.